The van der Waals surface area contributed by atoms with Gasteiger partial charge in [0, 0.05) is 30.0 Å². The number of hydrogen-bond acceptors (Lipinski definition) is 4. The van der Waals surface area contributed by atoms with Gasteiger partial charge in [-0.25, -0.2) is 8.78 Å². The van der Waals surface area contributed by atoms with Crippen LogP contribution in [0.2, 0.25) is 0 Å². The standard InChI is InChI=1S/C23H26F2N2O4/c1-23(2,3)27(22(29)30)19(10-11-20(27)21(26)28)16-9-8-15(12-18(16)25)31-13-14-6-4-5-7-17(14)24/h4-9,12,19-20H,10-11,13H2,1-3H3,(H2-,26,28,29,30)/t19-,20+,27?/m1/s1. The normalized spacial score (nSPS) is 23.5. The number of ether oxygens (including phenoxy) is 1. The van der Waals surface area contributed by atoms with Gasteiger partial charge in [-0.1, -0.05) is 18.2 Å². The van der Waals surface area contributed by atoms with Gasteiger partial charge in [-0.15, -0.1) is 0 Å². The molecule has 2 N–H and O–H groups in total. The number of carboxylic acid groups (broad SMARTS) is 1. The first-order chi connectivity index (χ1) is 14.5. The van der Waals surface area contributed by atoms with E-state index in [0.717, 1.165) is 6.07 Å². The fourth-order valence-corrected chi connectivity index (χ4v) is 4.77. The number of benzene rings is 2. The van der Waals surface area contributed by atoms with E-state index in [1.54, 1.807) is 39.0 Å². The summed E-state index contributed by atoms with van der Waals surface area (Å²) >= 11 is 0. The smallest absolute Gasteiger partial charge is 0.276 e. The molecule has 0 aromatic heterocycles. The quantitative estimate of drug-likeness (QED) is 0.735. The summed E-state index contributed by atoms with van der Waals surface area (Å²) in [4.78, 5) is 24.5. The Hall–Kier alpha value is -3.00. The van der Waals surface area contributed by atoms with Crippen LogP contribution in [-0.2, 0) is 11.4 Å². The van der Waals surface area contributed by atoms with Crippen molar-refractivity contribution < 1.29 is 32.7 Å². The van der Waals surface area contributed by atoms with E-state index in [1.807, 2.05) is 0 Å². The van der Waals surface area contributed by atoms with Crippen molar-refractivity contribution in [1.82, 2.24) is 0 Å². The summed E-state index contributed by atoms with van der Waals surface area (Å²) in [5.41, 5.74) is 5.01. The van der Waals surface area contributed by atoms with E-state index in [0.29, 0.717) is 5.56 Å². The molecule has 0 bridgehead atoms. The number of hydrogen-bond donors (Lipinski definition) is 1. The predicted molar refractivity (Wildman–Crippen MR) is 107 cm³/mol. The molecule has 1 aliphatic heterocycles. The lowest BCUT2D eigenvalue weighted by atomic mass is 9.93. The molecule has 166 valence electrons. The lowest BCUT2D eigenvalue weighted by Crippen LogP contribution is -2.72. The number of primary amides is 1. The lowest BCUT2D eigenvalue weighted by molar-refractivity contribution is -0.948. The van der Waals surface area contributed by atoms with Crippen molar-refractivity contribution in [2.45, 2.75) is 57.8 Å². The van der Waals surface area contributed by atoms with E-state index in [-0.39, 0.29) is 30.8 Å². The average molecular weight is 432 g/mol. The van der Waals surface area contributed by atoms with Crippen LogP contribution < -0.4 is 15.6 Å². The van der Waals surface area contributed by atoms with Crippen molar-refractivity contribution in [1.29, 1.82) is 0 Å². The predicted octanol–water partition coefficient (Wildman–Crippen LogP) is 3.19. The van der Waals surface area contributed by atoms with Gasteiger partial charge in [0.05, 0.1) is 5.54 Å². The lowest BCUT2D eigenvalue weighted by Gasteiger charge is -2.51. The van der Waals surface area contributed by atoms with E-state index < -0.39 is 45.7 Å². The maximum absolute atomic E-state index is 15.1. The van der Waals surface area contributed by atoms with Gasteiger partial charge >= 0.3 is 0 Å². The Morgan fingerprint density at radius 2 is 1.81 bits per heavy atom. The van der Waals surface area contributed by atoms with Crippen LogP contribution in [0.5, 0.6) is 5.75 Å². The topological polar surface area (TPSA) is 92.4 Å². The number of carbonyl (C=O) groups excluding carboxylic acids is 2. The number of likely N-dealkylation sites (tertiary alicyclic amines) is 1. The summed E-state index contributed by atoms with van der Waals surface area (Å²) in [7, 11) is 0. The molecule has 2 aromatic rings. The Labute approximate surface area is 179 Å². The van der Waals surface area contributed by atoms with E-state index in [4.69, 9.17) is 10.5 Å². The Kier molecular flexibility index (Phi) is 6.04. The van der Waals surface area contributed by atoms with E-state index in [2.05, 4.69) is 0 Å². The first-order valence-corrected chi connectivity index (χ1v) is 10.0. The summed E-state index contributed by atoms with van der Waals surface area (Å²) < 4.78 is 33.6. The number of carbonyl (C=O) groups is 2. The molecule has 8 heteroatoms. The second kappa shape index (κ2) is 8.26. The monoisotopic (exact) mass is 432 g/mol. The van der Waals surface area contributed by atoms with E-state index in [1.165, 1.54) is 18.2 Å². The van der Waals surface area contributed by atoms with Crippen LogP contribution in [0.1, 0.15) is 50.8 Å². The maximum atomic E-state index is 15.1. The fourth-order valence-electron chi connectivity index (χ4n) is 4.77. The highest BCUT2D eigenvalue weighted by atomic mass is 19.1. The van der Waals surface area contributed by atoms with Crippen LogP contribution in [0, 0.1) is 11.6 Å². The van der Waals surface area contributed by atoms with Crippen molar-refractivity contribution in [3.05, 3.63) is 65.2 Å². The van der Waals surface area contributed by atoms with Gasteiger partial charge in [0.1, 0.15) is 30.0 Å². The van der Waals surface area contributed by atoms with Crippen molar-refractivity contribution >= 4 is 12.0 Å². The molecule has 31 heavy (non-hydrogen) atoms. The SMILES string of the molecule is CC(C)(C)[N+]1(C(=O)[O-])[C@@H](c2ccc(OCc3ccccc3F)cc2F)CC[C@H]1C(N)=O. The molecule has 0 saturated carbocycles. The number of quaternary nitrogens is 1. The molecular formula is C23H26F2N2O4. The number of halogens is 2. The number of nitrogens with two attached hydrogens (primary N) is 1. The van der Waals surface area contributed by atoms with Crippen LogP contribution in [0.15, 0.2) is 42.5 Å². The van der Waals surface area contributed by atoms with Gasteiger partial charge in [-0.3, -0.25) is 9.28 Å². The second-order valence-corrected chi connectivity index (χ2v) is 8.79. The summed E-state index contributed by atoms with van der Waals surface area (Å²) in [6, 6.07) is 8.30. The molecular weight excluding hydrogens is 406 g/mol. The third kappa shape index (κ3) is 3.87. The highest BCUT2D eigenvalue weighted by Gasteiger charge is 2.61. The second-order valence-electron chi connectivity index (χ2n) is 8.79. The van der Waals surface area contributed by atoms with E-state index in [9.17, 15) is 19.1 Å². The summed E-state index contributed by atoms with van der Waals surface area (Å²) in [6.07, 6.45) is -1.01. The molecule has 2 aromatic carbocycles. The zero-order chi connectivity index (χ0) is 23.0. The first-order valence-electron chi connectivity index (χ1n) is 10.0. The Morgan fingerprint density at radius 3 is 2.35 bits per heavy atom. The minimum atomic E-state index is -1.47. The van der Waals surface area contributed by atoms with Crippen LogP contribution in [-0.4, -0.2) is 28.1 Å². The minimum Gasteiger partial charge on any atom is -0.498 e. The molecule has 0 spiro atoms. The molecule has 1 aliphatic rings. The van der Waals surface area contributed by atoms with Gasteiger partial charge in [0.2, 0.25) is 0 Å². The zero-order valence-corrected chi connectivity index (χ0v) is 17.7. The molecule has 1 unspecified atom stereocenters. The average Bonchev–Trinajstić information content (AvgIpc) is 3.09. The van der Waals surface area contributed by atoms with Gasteiger partial charge < -0.3 is 20.4 Å². The maximum Gasteiger partial charge on any atom is 0.276 e. The molecule has 1 heterocycles. The molecule has 6 nitrogen and oxygen atoms in total. The number of amides is 2. The highest BCUT2D eigenvalue weighted by Crippen LogP contribution is 2.50. The summed E-state index contributed by atoms with van der Waals surface area (Å²) in [5, 5.41) is 12.4. The minimum absolute atomic E-state index is 0.0837. The number of nitrogens with zero attached hydrogens (tertiary/aromatic N) is 1. The van der Waals surface area contributed by atoms with Crippen LogP contribution in [0.4, 0.5) is 13.6 Å². The van der Waals surface area contributed by atoms with Gasteiger partial charge in [-0.2, -0.15) is 0 Å². The van der Waals surface area contributed by atoms with Crippen LogP contribution in [0.25, 0.3) is 0 Å². The molecule has 2 amide bonds. The Balaban J connectivity index is 1.95. The van der Waals surface area contributed by atoms with Gasteiger partial charge in [-0.05, 0) is 39.0 Å². The fraction of sp³-hybridized carbons (Fsp3) is 0.391. The molecule has 0 radical (unpaired) electrons. The van der Waals surface area contributed by atoms with Gasteiger partial charge in [0.25, 0.3) is 12.0 Å². The Bertz CT molecular complexity index is 1010. The van der Waals surface area contributed by atoms with Crippen molar-refractivity contribution in [3.8, 4) is 5.75 Å². The molecule has 3 atom stereocenters. The van der Waals surface area contributed by atoms with Crippen molar-refractivity contribution in [2.24, 2.45) is 5.73 Å². The summed E-state index contributed by atoms with van der Waals surface area (Å²) in [5.74, 6) is -1.68. The molecule has 1 fully saturated rings. The largest absolute Gasteiger partial charge is 0.498 e. The molecule has 1 saturated heterocycles. The zero-order valence-electron chi connectivity index (χ0n) is 17.7. The van der Waals surface area contributed by atoms with E-state index >= 15 is 4.39 Å². The summed E-state index contributed by atoms with van der Waals surface area (Å²) in [6.45, 7) is 4.92. The molecule has 3 rings (SSSR count). The van der Waals surface area contributed by atoms with Crippen LogP contribution >= 0.6 is 0 Å². The third-order valence-electron chi connectivity index (χ3n) is 6.12. The highest BCUT2D eigenvalue weighted by molar-refractivity contribution is 5.81. The van der Waals surface area contributed by atoms with Crippen molar-refractivity contribution in [3.63, 3.8) is 0 Å². The number of rotatable bonds is 5. The van der Waals surface area contributed by atoms with Crippen LogP contribution in [0.3, 0.4) is 0 Å². The van der Waals surface area contributed by atoms with Crippen molar-refractivity contribution in [2.75, 3.05) is 0 Å². The third-order valence-corrected chi connectivity index (χ3v) is 6.12. The Morgan fingerprint density at radius 1 is 1.13 bits per heavy atom. The van der Waals surface area contributed by atoms with Gasteiger partial charge in [0.15, 0.2) is 6.04 Å². The molecule has 0 aliphatic carbocycles. The first kappa shape index (κ1) is 22.7.